The number of carbonyl (C=O) groups excluding carboxylic acids is 2. The number of fused-ring (bicyclic) bond motifs is 1. The van der Waals surface area contributed by atoms with E-state index in [4.69, 9.17) is 30.9 Å². The van der Waals surface area contributed by atoms with E-state index >= 15 is 0 Å². The lowest BCUT2D eigenvalue weighted by Gasteiger charge is -2.35. The Morgan fingerprint density at radius 1 is 1.35 bits per heavy atom. The van der Waals surface area contributed by atoms with Crippen molar-refractivity contribution in [3.8, 4) is 17.2 Å². The number of ether oxygens (including phenoxy) is 3. The molecular formula is C18H20ClNO6. The van der Waals surface area contributed by atoms with Crippen LogP contribution in [-0.2, 0) is 4.79 Å². The van der Waals surface area contributed by atoms with Gasteiger partial charge in [-0.05, 0) is 6.42 Å². The minimum atomic E-state index is -1.67. The molecular weight excluding hydrogens is 362 g/mol. The molecule has 1 aromatic carbocycles. The fraction of sp³-hybridized carbons (Fsp3) is 0.444. The average Bonchev–Trinajstić information content (AvgIpc) is 2.94. The van der Waals surface area contributed by atoms with Crippen molar-refractivity contribution < 1.29 is 28.9 Å². The third kappa shape index (κ3) is 2.54. The highest BCUT2D eigenvalue weighted by Crippen LogP contribution is 2.52. The Morgan fingerprint density at radius 2 is 2.04 bits per heavy atom. The SMILES string of the molecule is COc1cc(OC)c2c(c1Cl)OC1(C(=O)C=C(NCCO)CC1C)C2=O. The minimum Gasteiger partial charge on any atom is -0.496 e. The summed E-state index contributed by atoms with van der Waals surface area (Å²) in [6.45, 7) is 2.04. The van der Waals surface area contributed by atoms with Crippen LogP contribution in [0.3, 0.4) is 0 Å². The van der Waals surface area contributed by atoms with Crippen molar-refractivity contribution in [1.29, 1.82) is 0 Å². The predicted octanol–water partition coefficient (Wildman–Crippen LogP) is 1.75. The molecule has 1 heterocycles. The Balaban J connectivity index is 2.08. The highest BCUT2D eigenvalue weighted by atomic mass is 35.5. The van der Waals surface area contributed by atoms with Crippen molar-refractivity contribution in [3.63, 3.8) is 0 Å². The standard InChI is InChI=1S/C18H20ClNO6/c1-9-6-10(20-4-5-21)7-13(22)18(9)17(23)14-11(24-2)8-12(25-3)15(19)16(14)26-18/h7-9,20-21H,4-6H2,1-3H3. The molecule has 0 fully saturated rings. The number of ketones is 2. The summed E-state index contributed by atoms with van der Waals surface area (Å²) in [6, 6.07) is 1.50. The Kier molecular flexibility index (Phi) is 4.86. The van der Waals surface area contributed by atoms with Crippen LogP contribution < -0.4 is 19.5 Å². The lowest BCUT2D eigenvalue weighted by atomic mass is 9.74. The fourth-order valence-corrected chi connectivity index (χ4v) is 3.73. The smallest absolute Gasteiger partial charge is 0.236 e. The van der Waals surface area contributed by atoms with Gasteiger partial charge in [-0.15, -0.1) is 0 Å². The Bertz CT molecular complexity index is 805. The number of rotatable bonds is 5. The second kappa shape index (κ2) is 6.81. The van der Waals surface area contributed by atoms with E-state index in [1.807, 2.05) is 0 Å². The quantitative estimate of drug-likeness (QED) is 0.750. The lowest BCUT2D eigenvalue weighted by Crippen LogP contribution is -2.55. The molecule has 0 amide bonds. The zero-order valence-corrected chi connectivity index (χ0v) is 15.5. The molecule has 0 radical (unpaired) electrons. The molecule has 3 rings (SSSR count). The molecule has 7 nitrogen and oxygen atoms in total. The van der Waals surface area contributed by atoms with Crippen molar-refractivity contribution in [1.82, 2.24) is 5.32 Å². The maximum absolute atomic E-state index is 13.2. The Morgan fingerprint density at radius 3 is 2.62 bits per heavy atom. The van der Waals surface area contributed by atoms with Crippen LogP contribution in [0.4, 0.5) is 0 Å². The molecule has 8 heteroatoms. The van der Waals surface area contributed by atoms with E-state index in [9.17, 15) is 9.59 Å². The molecule has 2 N–H and O–H groups in total. The van der Waals surface area contributed by atoms with E-state index in [0.717, 1.165) is 0 Å². The second-order valence-corrected chi connectivity index (χ2v) is 6.63. The molecule has 1 aliphatic heterocycles. The van der Waals surface area contributed by atoms with Crippen molar-refractivity contribution in [2.45, 2.75) is 18.9 Å². The molecule has 2 atom stereocenters. The summed E-state index contributed by atoms with van der Waals surface area (Å²) in [4.78, 5) is 26.1. The van der Waals surface area contributed by atoms with Gasteiger partial charge >= 0.3 is 0 Å². The highest BCUT2D eigenvalue weighted by Gasteiger charge is 2.60. The fourth-order valence-electron chi connectivity index (χ4n) is 3.47. The number of halogens is 1. The van der Waals surface area contributed by atoms with Crippen molar-refractivity contribution >= 4 is 23.2 Å². The summed E-state index contributed by atoms with van der Waals surface area (Å²) in [6.07, 6.45) is 1.78. The monoisotopic (exact) mass is 381 g/mol. The van der Waals surface area contributed by atoms with Crippen LogP contribution in [0.2, 0.25) is 5.02 Å². The maximum Gasteiger partial charge on any atom is 0.236 e. The van der Waals surface area contributed by atoms with E-state index in [0.29, 0.717) is 24.4 Å². The van der Waals surface area contributed by atoms with Crippen LogP contribution in [0, 0.1) is 5.92 Å². The number of methoxy groups -OCH3 is 2. The van der Waals surface area contributed by atoms with Crippen LogP contribution in [0.25, 0.3) is 0 Å². The number of Topliss-reactive ketones (excluding diaryl/α,β-unsaturated/α-hetero) is 1. The van der Waals surface area contributed by atoms with Gasteiger partial charge in [-0.3, -0.25) is 9.59 Å². The van der Waals surface area contributed by atoms with E-state index in [-0.39, 0.29) is 28.7 Å². The third-order valence-electron chi connectivity index (χ3n) is 4.77. The highest BCUT2D eigenvalue weighted by molar-refractivity contribution is 6.36. The largest absolute Gasteiger partial charge is 0.496 e. The summed E-state index contributed by atoms with van der Waals surface area (Å²) in [7, 11) is 2.86. The number of nitrogens with one attached hydrogen (secondary N) is 1. The van der Waals surface area contributed by atoms with E-state index in [2.05, 4.69) is 5.32 Å². The summed E-state index contributed by atoms with van der Waals surface area (Å²) in [5.41, 5.74) is -0.862. The van der Waals surface area contributed by atoms with Gasteiger partial charge in [-0.2, -0.15) is 0 Å². The van der Waals surface area contributed by atoms with Crippen LogP contribution in [0.5, 0.6) is 17.2 Å². The topological polar surface area (TPSA) is 94.1 Å². The number of hydrogen-bond acceptors (Lipinski definition) is 7. The summed E-state index contributed by atoms with van der Waals surface area (Å²) in [5.74, 6) is -0.722. The molecule has 26 heavy (non-hydrogen) atoms. The number of aliphatic hydroxyl groups excluding tert-OH is 1. The lowest BCUT2D eigenvalue weighted by molar-refractivity contribution is -0.129. The zero-order chi connectivity index (χ0) is 19.1. The molecule has 0 saturated carbocycles. The molecule has 1 aliphatic carbocycles. The number of benzene rings is 1. The van der Waals surface area contributed by atoms with Gasteiger partial charge in [0.15, 0.2) is 5.75 Å². The second-order valence-electron chi connectivity index (χ2n) is 6.26. The first-order valence-corrected chi connectivity index (χ1v) is 8.56. The first kappa shape index (κ1) is 18.5. The van der Waals surface area contributed by atoms with Crippen molar-refractivity contribution in [3.05, 3.63) is 28.4 Å². The van der Waals surface area contributed by atoms with Gasteiger partial charge in [0.05, 0.1) is 20.8 Å². The normalized spacial score (nSPS) is 24.2. The molecule has 0 saturated heterocycles. The average molecular weight is 382 g/mol. The van der Waals surface area contributed by atoms with Gasteiger partial charge in [0.2, 0.25) is 17.2 Å². The number of carbonyl (C=O) groups is 2. The van der Waals surface area contributed by atoms with Crippen LogP contribution in [0.15, 0.2) is 17.8 Å². The van der Waals surface area contributed by atoms with Gasteiger partial charge in [0.25, 0.3) is 0 Å². The summed E-state index contributed by atoms with van der Waals surface area (Å²) in [5, 5.41) is 12.0. The number of aliphatic hydroxyl groups is 1. The molecule has 0 bridgehead atoms. The van der Waals surface area contributed by atoms with E-state index in [1.165, 1.54) is 26.4 Å². The van der Waals surface area contributed by atoms with Gasteiger partial charge in [-0.1, -0.05) is 18.5 Å². The number of hydrogen-bond donors (Lipinski definition) is 2. The molecule has 140 valence electrons. The van der Waals surface area contributed by atoms with Gasteiger partial charge < -0.3 is 24.6 Å². The molecule has 1 aromatic rings. The third-order valence-corrected chi connectivity index (χ3v) is 5.13. The molecule has 2 aliphatic rings. The first-order valence-electron chi connectivity index (χ1n) is 8.18. The summed E-state index contributed by atoms with van der Waals surface area (Å²) < 4.78 is 16.4. The number of allylic oxidation sites excluding steroid dienone is 1. The van der Waals surface area contributed by atoms with Crippen LogP contribution >= 0.6 is 11.6 Å². The van der Waals surface area contributed by atoms with E-state index in [1.54, 1.807) is 6.92 Å². The predicted molar refractivity (Wildman–Crippen MR) is 94.2 cm³/mol. The maximum atomic E-state index is 13.2. The van der Waals surface area contributed by atoms with E-state index < -0.39 is 23.1 Å². The van der Waals surface area contributed by atoms with Gasteiger partial charge in [0.1, 0.15) is 22.1 Å². The Labute approximate surface area is 155 Å². The van der Waals surface area contributed by atoms with Gasteiger partial charge in [-0.25, -0.2) is 0 Å². The molecule has 0 aromatic heterocycles. The minimum absolute atomic E-state index is 0.0570. The van der Waals surface area contributed by atoms with Crippen LogP contribution in [-0.4, -0.2) is 49.6 Å². The van der Waals surface area contributed by atoms with Crippen molar-refractivity contribution in [2.75, 3.05) is 27.4 Å². The first-order chi connectivity index (χ1) is 12.4. The molecule has 1 spiro atoms. The van der Waals surface area contributed by atoms with Gasteiger partial charge in [0, 0.05) is 30.3 Å². The van der Waals surface area contributed by atoms with Crippen LogP contribution in [0.1, 0.15) is 23.7 Å². The summed E-state index contributed by atoms with van der Waals surface area (Å²) >= 11 is 6.32. The molecule has 2 unspecified atom stereocenters. The zero-order valence-electron chi connectivity index (χ0n) is 14.7. The Hall–Kier alpha value is -2.25. The van der Waals surface area contributed by atoms with Crippen molar-refractivity contribution in [2.24, 2.45) is 5.92 Å².